The lowest BCUT2D eigenvalue weighted by Gasteiger charge is -2.23. The summed E-state index contributed by atoms with van der Waals surface area (Å²) in [4.78, 5) is 5.80. The summed E-state index contributed by atoms with van der Waals surface area (Å²) < 4.78 is 5.45. The molecule has 1 aromatic carbocycles. The van der Waals surface area contributed by atoms with Crippen LogP contribution in [0.2, 0.25) is 0 Å². The van der Waals surface area contributed by atoms with Gasteiger partial charge in [-0.15, -0.1) is 11.3 Å². The minimum absolute atomic E-state index is 0.115. The van der Waals surface area contributed by atoms with Gasteiger partial charge in [0.15, 0.2) is 5.82 Å². The zero-order valence-corrected chi connectivity index (χ0v) is 12.3. The number of fused-ring (bicyclic) bond motifs is 1. The number of rotatable bonds is 3. The first kappa shape index (κ1) is 12.7. The van der Waals surface area contributed by atoms with Crippen LogP contribution in [0.5, 0.6) is 0 Å². The quantitative estimate of drug-likeness (QED) is 0.807. The van der Waals surface area contributed by atoms with Gasteiger partial charge in [0.2, 0.25) is 5.89 Å². The van der Waals surface area contributed by atoms with Gasteiger partial charge in [0.1, 0.15) is 0 Å². The van der Waals surface area contributed by atoms with Crippen molar-refractivity contribution in [2.24, 2.45) is 0 Å². The van der Waals surface area contributed by atoms with Gasteiger partial charge in [-0.1, -0.05) is 35.5 Å². The van der Waals surface area contributed by atoms with Crippen LogP contribution in [0.25, 0.3) is 0 Å². The molecule has 1 aliphatic heterocycles. The molecule has 0 spiro atoms. The van der Waals surface area contributed by atoms with Crippen LogP contribution >= 0.6 is 11.3 Å². The maximum absolute atomic E-state index is 5.45. The smallest absolute Gasteiger partial charge is 0.244 e. The Labute approximate surface area is 126 Å². The molecular formula is C16H15N3OS. The van der Waals surface area contributed by atoms with Crippen molar-refractivity contribution in [1.82, 2.24) is 15.5 Å². The highest BCUT2D eigenvalue weighted by atomic mass is 32.1. The molecule has 4 rings (SSSR count). The summed E-state index contributed by atoms with van der Waals surface area (Å²) in [5.41, 5.74) is 2.71. The highest BCUT2D eigenvalue weighted by Crippen LogP contribution is 2.25. The van der Waals surface area contributed by atoms with Crippen molar-refractivity contribution in [3.63, 3.8) is 0 Å². The maximum Gasteiger partial charge on any atom is 0.244 e. The lowest BCUT2D eigenvalue weighted by Crippen LogP contribution is -2.28. The van der Waals surface area contributed by atoms with Crippen LogP contribution in [0, 0.1) is 0 Å². The minimum atomic E-state index is 0.115. The fourth-order valence-corrected chi connectivity index (χ4v) is 3.38. The third kappa shape index (κ3) is 2.62. The molecule has 3 heterocycles. The normalized spacial score (nSPS) is 17.6. The Kier molecular flexibility index (Phi) is 3.29. The van der Waals surface area contributed by atoms with Crippen molar-refractivity contribution in [2.75, 3.05) is 0 Å². The van der Waals surface area contributed by atoms with E-state index in [-0.39, 0.29) is 6.04 Å². The van der Waals surface area contributed by atoms with Crippen LogP contribution in [0.15, 0.2) is 46.3 Å². The molecule has 0 unspecified atom stereocenters. The fraction of sp³-hybridized carbons (Fsp3) is 0.250. The highest BCUT2D eigenvalue weighted by Gasteiger charge is 2.24. The SMILES string of the molecule is c1csc(Cc2noc([C@H]3Cc4ccccc4CN3)n2)c1. The van der Waals surface area contributed by atoms with Crippen molar-refractivity contribution in [3.05, 3.63) is 69.5 Å². The Morgan fingerprint density at radius 2 is 2.10 bits per heavy atom. The number of thiophene rings is 1. The predicted octanol–water partition coefficient (Wildman–Crippen LogP) is 3.11. The fourth-order valence-electron chi connectivity index (χ4n) is 2.68. The largest absolute Gasteiger partial charge is 0.338 e. The van der Waals surface area contributed by atoms with Crippen molar-refractivity contribution < 1.29 is 4.52 Å². The first-order chi connectivity index (χ1) is 10.4. The van der Waals surface area contributed by atoms with Crippen molar-refractivity contribution in [2.45, 2.75) is 25.4 Å². The van der Waals surface area contributed by atoms with Gasteiger partial charge in [-0.25, -0.2) is 0 Å². The molecule has 0 radical (unpaired) electrons. The summed E-state index contributed by atoms with van der Waals surface area (Å²) in [5, 5.41) is 9.64. The van der Waals surface area contributed by atoms with Crippen LogP contribution in [-0.2, 0) is 19.4 Å². The van der Waals surface area contributed by atoms with Gasteiger partial charge in [0.05, 0.1) is 6.04 Å². The molecular weight excluding hydrogens is 282 g/mol. The average molecular weight is 297 g/mol. The maximum atomic E-state index is 5.45. The van der Waals surface area contributed by atoms with E-state index in [1.54, 1.807) is 11.3 Å². The molecule has 0 saturated heterocycles. The summed E-state index contributed by atoms with van der Waals surface area (Å²) in [5.74, 6) is 1.45. The Balaban J connectivity index is 1.51. The molecule has 1 aliphatic rings. The molecule has 1 N–H and O–H groups in total. The lowest BCUT2D eigenvalue weighted by atomic mass is 9.96. The molecule has 21 heavy (non-hydrogen) atoms. The zero-order chi connectivity index (χ0) is 14.1. The van der Waals surface area contributed by atoms with E-state index in [0.29, 0.717) is 5.89 Å². The second kappa shape index (κ2) is 5.42. The van der Waals surface area contributed by atoms with Crippen molar-refractivity contribution in [3.8, 4) is 0 Å². The van der Waals surface area contributed by atoms with E-state index in [2.05, 4.69) is 51.2 Å². The Hall–Kier alpha value is -1.98. The van der Waals surface area contributed by atoms with E-state index >= 15 is 0 Å². The Morgan fingerprint density at radius 3 is 2.95 bits per heavy atom. The Bertz CT molecular complexity index is 736. The van der Waals surface area contributed by atoms with Gasteiger partial charge in [0.25, 0.3) is 0 Å². The topological polar surface area (TPSA) is 51.0 Å². The third-order valence-electron chi connectivity index (χ3n) is 3.78. The van der Waals surface area contributed by atoms with Crippen molar-refractivity contribution >= 4 is 11.3 Å². The van der Waals surface area contributed by atoms with E-state index in [4.69, 9.17) is 4.52 Å². The molecule has 3 aromatic rings. The van der Waals surface area contributed by atoms with Gasteiger partial charge in [-0.3, -0.25) is 0 Å². The van der Waals surface area contributed by atoms with Gasteiger partial charge < -0.3 is 9.84 Å². The lowest BCUT2D eigenvalue weighted by molar-refractivity contribution is 0.319. The van der Waals surface area contributed by atoms with E-state index in [9.17, 15) is 0 Å². The van der Waals surface area contributed by atoms with Crippen molar-refractivity contribution in [1.29, 1.82) is 0 Å². The number of nitrogens with zero attached hydrogens (tertiary/aromatic N) is 2. The molecule has 106 valence electrons. The van der Waals surface area contributed by atoms with Crippen LogP contribution in [0.4, 0.5) is 0 Å². The van der Waals surface area contributed by atoms with E-state index in [0.717, 1.165) is 25.2 Å². The van der Waals surface area contributed by atoms with E-state index in [1.807, 2.05) is 6.07 Å². The molecule has 0 fully saturated rings. The number of benzene rings is 1. The Morgan fingerprint density at radius 1 is 1.19 bits per heavy atom. The third-order valence-corrected chi connectivity index (χ3v) is 4.65. The van der Waals surface area contributed by atoms with E-state index < -0.39 is 0 Å². The van der Waals surface area contributed by atoms with Gasteiger partial charge in [0, 0.05) is 17.8 Å². The summed E-state index contributed by atoms with van der Waals surface area (Å²) in [6.07, 6.45) is 1.64. The van der Waals surface area contributed by atoms with Crippen LogP contribution < -0.4 is 5.32 Å². The number of aromatic nitrogens is 2. The predicted molar refractivity (Wildman–Crippen MR) is 81.1 cm³/mol. The minimum Gasteiger partial charge on any atom is -0.338 e. The average Bonchev–Trinajstić information content (AvgIpc) is 3.19. The first-order valence-electron chi connectivity index (χ1n) is 7.03. The van der Waals surface area contributed by atoms with E-state index in [1.165, 1.54) is 16.0 Å². The van der Waals surface area contributed by atoms with Gasteiger partial charge >= 0.3 is 0 Å². The number of nitrogens with one attached hydrogen (secondary N) is 1. The molecule has 2 aromatic heterocycles. The van der Waals surface area contributed by atoms with Crippen LogP contribution in [0.1, 0.15) is 33.8 Å². The second-order valence-corrected chi connectivity index (χ2v) is 6.24. The van der Waals surface area contributed by atoms with Gasteiger partial charge in [-0.2, -0.15) is 4.98 Å². The molecule has 1 atom stereocenters. The molecule has 0 bridgehead atoms. The highest BCUT2D eigenvalue weighted by molar-refractivity contribution is 7.09. The summed E-state index contributed by atoms with van der Waals surface area (Å²) in [6, 6.07) is 12.7. The van der Waals surface area contributed by atoms with Gasteiger partial charge in [-0.05, 0) is 29.0 Å². The molecule has 0 amide bonds. The molecule has 4 nitrogen and oxygen atoms in total. The second-order valence-electron chi connectivity index (χ2n) is 5.21. The van der Waals surface area contributed by atoms with Crippen LogP contribution in [0.3, 0.4) is 0 Å². The van der Waals surface area contributed by atoms with Crippen LogP contribution in [-0.4, -0.2) is 10.1 Å². The molecule has 0 saturated carbocycles. The first-order valence-corrected chi connectivity index (χ1v) is 7.91. The standard InChI is InChI=1S/C16H15N3OS/c1-2-5-12-10-17-14(8-11(12)4-1)16-18-15(19-20-16)9-13-6-3-7-21-13/h1-7,14,17H,8-10H2/t14-/m1/s1. The molecule has 0 aliphatic carbocycles. The zero-order valence-electron chi connectivity index (χ0n) is 11.5. The summed E-state index contributed by atoms with van der Waals surface area (Å²) in [7, 11) is 0. The summed E-state index contributed by atoms with van der Waals surface area (Å²) >= 11 is 1.72. The monoisotopic (exact) mass is 297 g/mol. The molecule has 5 heteroatoms. The number of hydrogen-bond acceptors (Lipinski definition) is 5. The summed E-state index contributed by atoms with van der Waals surface area (Å²) in [6.45, 7) is 0.851. The number of hydrogen-bond donors (Lipinski definition) is 1.